The Morgan fingerprint density at radius 2 is 2.00 bits per heavy atom. The Labute approximate surface area is 221 Å². The van der Waals surface area contributed by atoms with Crippen molar-refractivity contribution in [2.75, 3.05) is 31.2 Å². The summed E-state index contributed by atoms with van der Waals surface area (Å²) in [5.74, 6) is 0.0632. The maximum absolute atomic E-state index is 14.3. The summed E-state index contributed by atoms with van der Waals surface area (Å²) in [6.45, 7) is 5.61. The van der Waals surface area contributed by atoms with Gasteiger partial charge in [-0.05, 0) is 48.9 Å². The molecule has 1 amide bonds. The van der Waals surface area contributed by atoms with Crippen molar-refractivity contribution in [3.05, 3.63) is 52.6 Å². The van der Waals surface area contributed by atoms with Gasteiger partial charge in [0.2, 0.25) is 5.91 Å². The van der Waals surface area contributed by atoms with Crippen molar-refractivity contribution in [3.63, 3.8) is 0 Å². The maximum atomic E-state index is 14.3. The first-order chi connectivity index (χ1) is 18.4. The van der Waals surface area contributed by atoms with Crippen LogP contribution in [0.4, 0.5) is 14.5 Å². The Kier molecular flexibility index (Phi) is 6.67. The van der Waals surface area contributed by atoms with E-state index >= 15 is 0 Å². The van der Waals surface area contributed by atoms with Crippen LogP contribution < -0.4 is 4.90 Å². The second-order valence-corrected chi connectivity index (χ2v) is 10.6. The number of fused-ring (bicyclic) bond motifs is 2. The van der Waals surface area contributed by atoms with Crippen LogP contribution in [-0.4, -0.2) is 56.7 Å². The summed E-state index contributed by atoms with van der Waals surface area (Å²) in [7, 11) is 1.79. The van der Waals surface area contributed by atoms with Crippen LogP contribution in [0.3, 0.4) is 0 Å². The number of carbonyl (C=O) groups excluding carboxylic acids is 1. The molecule has 0 spiro atoms. The zero-order valence-corrected chi connectivity index (χ0v) is 22.0. The van der Waals surface area contributed by atoms with Gasteiger partial charge in [0.25, 0.3) is 6.43 Å². The molecule has 0 bridgehead atoms. The molecule has 3 aliphatic rings. The van der Waals surface area contributed by atoms with Crippen molar-refractivity contribution in [3.8, 4) is 11.1 Å². The van der Waals surface area contributed by atoms with Crippen LogP contribution in [0.1, 0.15) is 66.7 Å². The van der Waals surface area contributed by atoms with Gasteiger partial charge in [0.15, 0.2) is 0 Å². The third kappa shape index (κ3) is 4.59. The third-order valence-electron chi connectivity index (χ3n) is 8.21. The van der Waals surface area contributed by atoms with E-state index in [2.05, 4.69) is 14.7 Å². The van der Waals surface area contributed by atoms with Crippen molar-refractivity contribution in [1.29, 1.82) is 0 Å². The third-order valence-corrected chi connectivity index (χ3v) is 8.21. The highest BCUT2D eigenvalue weighted by Crippen LogP contribution is 2.40. The number of anilines is 1. The van der Waals surface area contributed by atoms with Gasteiger partial charge in [-0.2, -0.15) is 10.2 Å². The van der Waals surface area contributed by atoms with Crippen molar-refractivity contribution >= 4 is 11.6 Å². The molecule has 5 heterocycles. The van der Waals surface area contributed by atoms with Crippen LogP contribution in [-0.2, 0) is 42.5 Å². The minimum Gasteiger partial charge on any atom is -0.381 e. The summed E-state index contributed by atoms with van der Waals surface area (Å²) in [4.78, 5) is 16.3. The molecule has 0 aliphatic carbocycles. The summed E-state index contributed by atoms with van der Waals surface area (Å²) >= 11 is 0. The standard InChI is InChI=1S/C28H34F2N6O2/c1-18(37)34-9-5-26-24(16-34)25(32-36(26)21-6-10-38-11-7-21)17-35-8-3-4-19-12-22(20-14-31-33(2)15-20)23(28(29)30)13-27(19)35/h12-15,21,28H,3-11,16-17H2,1-2H3. The van der Waals surface area contributed by atoms with E-state index in [1.54, 1.807) is 37.1 Å². The van der Waals surface area contributed by atoms with E-state index in [1.807, 2.05) is 11.0 Å². The first-order valence-corrected chi connectivity index (χ1v) is 13.5. The zero-order valence-electron chi connectivity index (χ0n) is 22.0. The lowest BCUT2D eigenvalue weighted by atomic mass is 9.93. The normalized spacial score (nSPS) is 18.1. The summed E-state index contributed by atoms with van der Waals surface area (Å²) in [5, 5.41) is 9.32. The number of aromatic nitrogens is 4. The van der Waals surface area contributed by atoms with Gasteiger partial charge in [0.1, 0.15) is 0 Å². The molecular formula is C28H34F2N6O2. The van der Waals surface area contributed by atoms with Gasteiger partial charge >= 0.3 is 0 Å². The van der Waals surface area contributed by atoms with Gasteiger partial charge in [-0.15, -0.1) is 0 Å². The molecule has 38 heavy (non-hydrogen) atoms. The molecule has 202 valence electrons. The number of alkyl halides is 2. The average molecular weight is 525 g/mol. The topological polar surface area (TPSA) is 68.4 Å². The van der Waals surface area contributed by atoms with Gasteiger partial charge < -0.3 is 14.5 Å². The number of halogens is 2. The molecule has 3 aliphatic heterocycles. The summed E-state index contributed by atoms with van der Waals surface area (Å²) in [6.07, 6.45) is 5.24. The molecule has 0 radical (unpaired) electrons. The van der Waals surface area contributed by atoms with Crippen LogP contribution in [0.5, 0.6) is 0 Å². The number of ether oxygens (including phenoxy) is 1. The van der Waals surface area contributed by atoms with E-state index in [0.717, 1.165) is 74.4 Å². The zero-order chi connectivity index (χ0) is 26.4. The fourth-order valence-electron chi connectivity index (χ4n) is 6.20. The Hall–Kier alpha value is -3.27. The lowest BCUT2D eigenvalue weighted by molar-refractivity contribution is -0.129. The van der Waals surface area contributed by atoms with Crippen molar-refractivity contribution < 1.29 is 18.3 Å². The van der Waals surface area contributed by atoms with Gasteiger partial charge in [0, 0.05) is 87.5 Å². The summed E-state index contributed by atoms with van der Waals surface area (Å²) < 4.78 is 38.0. The van der Waals surface area contributed by atoms with Crippen LogP contribution in [0, 0.1) is 0 Å². The van der Waals surface area contributed by atoms with E-state index in [4.69, 9.17) is 9.84 Å². The van der Waals surface area contributed by atoms with Gasteiger partial charge in [-0.25, -0.2) is 8.78 Å². The predicted octanol–water partition coefficient (Wildman–Crippen LogP) is 4.43. The van der Waals surface area contributed by atoms with Crippen LogP contribution in [0.25, 0.3) is 11.1 Å². The molecule has 0 saturated carbocycles. The van der Waals surface area contributed by atoms with E-state index in [-0.39, 0.29) is 17.5 Å². The molecule has 8 nitrogen and oxygen atoms in total. The van der Waals surface area contributed by atoms with Crippen LogP contribution in [0.15, 0.2) is 24.5 Å². The van der Waals surface area contributed by atoms with Gasteiger partial charge in [0.05, 0.1) is 24.5 Å². The van der Waals surface area contributed by atoms with E-state index in [9.17, 15) is 13.6 Å². The smallest absolute Gasteiger partial charge is 0.264 e. The monoisotopic (exact) mass is 524 g/mol. The molecule has 6 rings (SSSR count). The number of nitrogens with zero attached hydrogens (tertiary/aromatic N) is 6. The lowest BCUT2D eigenvalue weighted by Crippen LogP contribution is -2.36. The Bertz CT molecular complexity index is 1340. The summed E-state index contributed by atoms with van der Waals surface area (Å²) in [6, 6.07) is 3.88. The molecule has 0 atom stereocenters. The minimum atomic E-state index is -2.59. The minimum absolute atomic E-state index is 0.0289. The Morgan fingerprint density at radius 1 is 1.18 bits per heavy atom. The Balaban J connectivity index is 1.37. The first-order valence-electron chi connectivity index (χ1n) is 13.5. The number of rotatable bonds is 5. The molecule has 1 fully saturated rings. The molecule has 10 heteroatoms. The maximum Gasteiger partial charge on any atom is 0.264 e. The molecule has 3 aromatic rings. The molecule has 0 unspecified atom stereocenters. The molecule has 0 N–H and O–H groups in total. The summed E-state index contributed by atoms with van der Waals surface area (Å²) in [5.41, 5.74) is 6.48. The van der Waals surface area contributed by atoms with Crippen molar-refractivity contribution in [1.82, 2.24) is 24.5 Å². The predicted molar refractivity (Wildman–Crippen MR) is 139 cm³/mol. The average Bonchev–Trinajstić information content (AvgIpc) is 3.52. The first kappa shape index (κ1) is 25.0. The number of carbonyl (C=O) groups is 1. The quantitative estimate of drug-likeness (QED) is 0.494. The largest absolute Gasteiger partial charge is 0.381 e. The second kappa shape index (κ2) is 10.1. The fourth-order valence-corrected chi connectivity index (χ4v) is 6.20. The highest BCUT2D eigenvalue weighted by atomic mass is 19.3. The lowest BCUT2D eigenvalue weighted by Gasteiger charge is -2.33. The Morgan fingerprint density at radius 3 is 2.71 bits per heavy atom. The number of hydrogen-bond donors (Lipinski definition) is 0. The number of aryl methyl sites for hydroxylation is 2. The van der Waals surface area contributed by atoms with Gasteiger partial charge in [-0.1, -0.05) is 0 Å². The van der Waals surface area contributed by atoms with Crippen LogP contribution in [0.2, 0.25) is 0 Å². The second-order valence-electron chi connectivity index (χ2n) is 10.6. The molecule has 1 saturated heterocycles. The van der Waals surface area contributed by atoms with Crippen molar-refractivity contribution in [2.45, 2.75) is 64.6 Å². The van der Waals surface area contributed by atoms with E-state index in [1.165, 1.54) is 5.69 Å². The van der Waals surface area contributed by atoms with Crippen molar-refractivity contribution in [2.24, 2.45) is 7.05 Å². The fraction of sp³-hybridized carbons (Fsp3) is 0.536. The van der Waals surface area contributed by atoms with E-state index in [0.29, 0.717) is 30.8 Å². The number of benzene rings is 1. The SMILES string of the molecule is CC(=O)N1CCc2c(c(CN3CCCc4cc(-c5cnn(C)c5)c(C(F)F)cc43)nn2C2CCOCC2)C1. The van der Waals surface area contributed by atoms with Gasteiger partial charge in [-0.3, -0.25) is 14.2 Å². The number of hydrogen-bond acceptors (Lipinski definition) is 5. The molecule has 2 aromatic heterocycles. The molecule has 1 aromatic carbocycles. The number of amides is 1. The highest BCUT2D eigenvalue weighted by molar-refractivity contribution is 5.74. The van der Waals surface area contributed by atoms with Crippen LogP contribution >= 0.6 is 0 Å². The molecular weight excluding hydrogens is 490 g/mol. The highest BCUT2D eigenvalue weighted by Gasteiger charge is 2.31. The van der Waals surface area contributed by atoms with E-state index < -0.39 is 6.43 Å².